The predicted octanol–water partition coefficient (Wildman–Crippen LogP) is -0.898. The van der Waals surface area contributed by atoms with Crippen molar-refractivity contribution in [1.82, 2.24) is 10.3 Å². The normalized spacial score (nSPS) is 21.0. The lowest BCUT2D eigenvalue weighted by atomic mass is 10.3. The monoisotopic (exact) mass is 164 g/mol. The Morgan fingerprint density at radius 1 is 1.58 bits per heavy atom. The largest absolute Gasteiger partial charge is 0.398 e. The molecule has 5 heteroatoms. The van der Waals surface area contributed by atoms with Crippen LogP contribution >= 0.6 is 0 Å². The Hall–Kier alpha value is -1.78. The molecular weight excluding hydrogens is 156 g/mol. The van der Waals surface area contributed by atoms with Crippen LogP contribution in [0.25, 0.3) is 0 Å². The number of amides is 1. The summed E-state index contributed by atoms with van der Waals surface area (Å²) in [6.07, 6.45) is 5.19. The highest BCUT2D eigenvalue weighted by Crippen LogP contribution is 2.07. The first-order chi connectivity index (χ1) is 5.75. The second-order valence-electron chi connectivity index (χ2n) is 2.60. The number of nitrogens with two attached hydrogens (primary N) is 1. The molecule has 0 saturated heterocycles. The number of nitrogens with one attached hydrogen (secondary N) is 1. The number of hydrogen-bond donors (Lipinski definition) is 2. The molecule has 3 N–H and O–H groups in total. The van der Waals surface area contributed by atoms with Gasteiger partial charge in [-0.2, -0.15) is 5.10 Å². The molecule has 0 unspecified atom stereocenters. The second kappa shape index (κ2) is 2.37. The summed E-state index contributed by atoms with van der Waals surface area (Å²) in [6.45, 7) is 0.282. The molecule has 2 aliphatic rings. The molecule has 0 spiro atoms. The van der Waals surface area contributed by atoms with Crippen molar-refractivity contribution in [2.45, 2.75) is 0 Å². The maximum Gasteiger partial charge on any atom is 0.260 e. The third kappa shape index (κ3) is 1.05. The van der Waals surface area contributed by atoms with E-state index in [0.29, 0.717) is 11.5 Å². The topological polar surface area (TPSA) is 70.7 Å². The van der Waals surface area contributed by atoms with E-state index in [9.17, 15) is 4.79 Å². The Morgan fingerprint density at radius 3 is 3.25 bits per heavy atom. The van der Waals surface area contributed by atoms with Crippen LogP contribution in [0.15, 0.2) is 29.2 Å². The van der Waals surface area contributed by atoms with Crippen molar-refractivity contribution in [2.24, 2.45) is 10.8 Å². The Labute approximate surface area is 69.2 Å². The van der Waals surface area contributed by atoms with Crippen molar-refractivity contribution in [3.05, 3.63) is 24.0 Å². The van der Waals surface area contributed by atoms with Gasteiger partial charge in [-0.25, -0.2) is 5.43 Å². The lowest BCUT2D eigenvalue weighted by Crippen LogP contribution is -2.43. The maximum atomic E-state index is 10.9. The number of hydrogen-bond acceptors (Lipinski definition) is 4. The van der Waals surface area contributed by atoms with Crippen molar-refractivity contribution in [2.75, 3.05) is 6.54 Å². The molecule has 2 heterocycles. The molecule has 0 saturated carbocycles. The van der Waals surface area contributed by atoms with Gasteiger partial charge in [0.25, 0.3) is 5.91 Å². The number of carbonyl (C=O) groups is 1. The van der Waals surface area contributed by atoms with Crippen molar-refractivity contribution >= 4 is 11.7 Å². The standard InChI is InChI=1S/C7H8N4O/c8-5-1-2-6-9-10-7(12)4-11(6)3-5/h1-3H,4,8H2,(H,10,12). The van der Waals surface area contributed by atoms with E-state index in [0.717, 1.165) is 0 Å². The Bertz CT molecular complexity index is 315. The van der Waals surface area contributed by atoms with E-state index in [1.165, 1.54) is 0 Å². The third-order valence-electron chi connectivity index (χ3n) is 1.63. The van der Waals surface area contributed by atoms with Crippen LogP contribution in [-0.4, -0.2) is 23.2 Å². The number of nitrogens with zero attached hydrogens (tertiary/aromatic N) is 2. The first-order valence-electron chi connectivity index (χ1n) is 3.54. The molecule has 2 aliphatic heterocycles. The van der Waals surface area contributed by atoms with Gasteiger partial charge in [-0.15, -0.1) is 0 Å². The highest BCUT2D eigenvalue weighted by Gasteiger charge is 2.18. The molecule has 0 radical (unpaired) electrons. The summed E-state index contributed by atoms with van der Waals surface area (Å²) in [5.74, 6) is 0.585. The van der Waals surface area contributed by atoms with Gasteiger partial charge in [0.15, 0.2) is 5.84 Å². The van der Waals surface area contributed by atoms with Gasteiger partial charge in [-0.05, 0) is 12.2 Å². The van der Waals surface area contributed by atoms with Crippen molar-refractivity contribution < 1.29 is 4.79 Å². The smallest absolute Gasteiger partial charge is 0.260 e. The van der Waals surface area contributed by atoms with Crippen LogP contribution in [0.2, 0.25) is 0 Å². The van der Waals surface area contributed by atoms with Crippen LogP contribution in [-0.2, 0) is 4.79 Å². The fraction of sp³-hybridized carbons (Fsp3) is 0.143. The number of hydrazone groups is 1. The number of allylic oxidation sites excluding steroid dienone is 1. The molecule has 62 valence electrons. The summed E-state index contributed by atoms with van der Waals surface area (Å²) in [6, 6.07) is 0. The van der Waals surface area contributed by atoms with Gasteiger partial charge < -0.3 is 10.6 Å². The van der Waals surface area contributed by atoms with E-state index in [1.54, 1.807) is 23.3 Å². The lowest BCUT2D eigenvalue weighted by molar-refractivity contribution is -0.121. The van der Waals surface area contributed by atoms with Crippen LogP contribution in [0.4, 0.5) is 0 Å². The van der Waals surface area contributed by atoms with Crippen LogP contribution in [0, 0.1) is 0 Å². The summed E-state index contributed by atoms with van der Waals surface area (Å²) >= 11 is 0. The molecule has 0 atom stereocenters. The molecule has 5 nitrogen and oxygen atoms in total. The first kappa shape index (κ1) is 6.90. The summed E-state index contributed by atoms with van der Waals surface area (Å²) in [4.78, 5) is 12.6. The molecule has 1 amide bonds. The van der Waals surface area contributed by atoms with Crippen LogP contribution in [0.1, 0.15) is 0 Å². The number of carbonyl (C=O) groups excluding carboxylic acids is 1. The Balaban J connectivity index is 2.31. The van der Waals surface area contributed by atoms with Crippen molar-refractivity contribution in [1.29, 1.82) is 0 Å². The fourth-order valence-corrected chi connectivity index (χ4v) is 1.09. The minimum atomic E-state index is -0.127. The van der Waals surface area contributed by atoms with Crippen molar-refractivity contribution in [3.8, 4) is 0 Å². The fourth-order valence-electron chi connectivity index (χ4n) is 1.09. The molecular formula is C7H8N4O. The SMILES string of the molecule is NC1=CN2CC(=O)NN=C2C=C1. The van der Waals surface area contributed by atoms with Crippen LogP contribution in [0.5, 0.6) is 0 Å². The lowest BCUT2D eigenvalue weighted by Gasteiger charge is -2.25. The average molecular weight is 164 g/mol. The van der Waals surface area contributed by atoms with Gasteiger partial charge >= 0.3 is 0 Å². The van der Waals surface area contributed by atoms with Crippen LogP contribution in [0.3, 0.4) is 0 Å². The molecule has 0 aromatic carbocycles. The Morgan fingerprint density at radius 2 is 2.42 bits per heavy atom. The minimum Gasteiger partial charge on any atom is -0.398 e. The minimum absolute atomic E-state index is 0.127. The molecule has 0 aromatic rings. The van der Waals surface area contributed by atoms with Gasteiger partial charge in [0.2, 0.25) is 0 Å². The zero-order valence-electron chi connectivity index (χ0n) is 6.32. The molecule has 2 rings (SSSR count). The molecule has 0 aliphatic carbocycles. The molecule has 0 fully saturated rings. The predicted molar refractivity (Wildman–Crippen MR) is 43.7 cm³/mol. The van der Waals surface area contributed by atoms with E-state index in [2.05, 4.69) is 10.5 Å². The van der Waals surface area contributed by atoms with Gasteiger partial charge in [-0.1, -0.05) is 0 Å². The van der Waals surface area contributed by atoms with Crippen LogP contribution < -0.4 is 11.2 Å². The van der Waals surface area contributed by atoms with E-state index in [1.807, 2.05) is 0 Å². The van der Waals surface area contributed by atoms with Gasteiger partial charge in [0, 0.05) is 11.9 Å². The summed E-state index contributed by atoms with van der Waals surface area (Å²) < 4.78 is 0. The number of rotatable bonds is 0. The molecule has 0 bridgehead atoms. The highest BCUT2D eigenvalue weighted by atomic mass is 16.2. The van der Waals surface area contributed by atoms with Gasteiger partial charge in [0.05, 0.1) is 0 Å². The van der Waals surface area contributed by atoms with E-state index >= 15 is 0 Å². The average Bonchev–Trinajstić information content (AvgIpc) is 2.03. The summed E-state index contributed by atoms with van der Waals surface area (Å²) in [7, 11) is 0. The van der Waals surface area contributed by atoms with E-state index in [-0.39, 0.29) is 12.5 Å². The quantitative estimate of drug-likeness (QED) is 0.487. The summed E-state index contributed by atoms with van der Waals surface area (Å²) in [5, 5.41) is 3.82. The number of amidine groups is 1. The molecule has 0 aromatic heterocycles. The van der Waals surface area contributed by atoms with Gasteiger partial charge in [-0.3, -0.25) is 4.79 Å². The maximum absolute atomic E-state index is 10.9. The number of fused-ring (bicyclic) bond motifs is 1. The van der Waals surface area contributed by atoms with Crippen molar-refractivity contribution in [3.63, 3.8) is 0 Å². The zero-order chi connectivity index (χ0) is 8.55. The Kier molecular flexibility index (Phi) is 1.36. The summed E-state index contributed by atoms with van der Waals surface area (Å²) in [5.41, 5.74) is 8.54. The van der Waals surface area contributed by atoms with E-state index < -0.39 is 0 Å². The highest BCUT2D eigenvalue weighted by molar-refractivity contribution is 6.00. The third-order valence-corrected chi connectivity index (χ3v) is 1.63. The van der Waals surface area contributed by atoms with Gasteiger partial charge in [0.1, 0.15) is 6.54 Å². The zero-order valence-corrected chi connectivity index (χ0v) is 6.32. The molecule has 12 heavy (non-hydrogen) atoms. The van der Waals surface area contributed by atoms with E-state index in [4.69, 9.17) is 5.73 Å². The first-order valence-corrected chi connectivity index (χ1v) is 3.54. The second-order valence-corrected chi connectivity index (χ2v) is 2.60.